The fourth-order valence-corrected chi connectivity index (χ4v) is 2.01. The van der Waals surface area contributed by atoms with Crippen LogP contribution in [0.3, 0.4) is 0 Å². The molecular formula is C16H24N2O3. The van der Waals surface area contributed by atoms with Crippen molar-refractivity contribution in [3.63, 3.8) is 0 Å². The molecule has 0 bridgehead atoms. The molecule has 1 atom stereocenters. The standard InChI is InChI=1S/C16H24N2O3/c1-12(19)18-15-6-4-13(5-7-15)8-17-9-16(20)11-21-10-14-2-3-14/h4-7,14,16-17,20H,2-3,8-11H2,1H3,(H,18,19)/t16-/m0/s1. The summed E-state index contributed by atoms with van der Waals surface area (Å²) in [6.07, 6.45) is 2.06. The fourth-order valence-electron chi connectivity index (χ4n) is 2.01. The van der Waals surface area contributed by atoms with Crippen LogP contribution in [-0.4, -0.2) is 36.9 Å². The van der Waals surface area contributed by atoms with E-state index in [0.717, 1.165) is 23.8 Å². The average Bonchev–Trinajstić information content (AvgIpc) is 3.24. The molecule has 5 nitrogen and oxygen atoms in total. The summed E-state index contributed by atoms with van der Waals surface area (Å²) < 4.78 is 5.44. The Morgan fingerprint density at radius 1 is 1.38 bits per heavy atom. The van der Waals surface area contributed by atoms with Crippen molar-refractivity contribution in [3.8, 4) is 0 Å². The molecule has 1 aliphatic rings. The van der Waals surface area contributed by atoms with Crippen LogP contribution < -0.4 is 10.6 Å². The highest BCUT2D eigenvalue weighted by Gasteiger charge is 2.21. The second-order valence-corrected chi connectivity index (χ2v) is 5.64. The molecule has 0 heterocycles. The van der Waals surface area contributed by atoms with E-state index < -0.39 is 6.10 Å². The molecule has 1 saturated carbocycles. The van der Waals surface area contributed by atoms with E-state index in [0.29, 0.717) is 19.7 Å². The van der Waals surface area contributed by atoms with Crippen LogP contribution in [0, 0.1) is 5.92 Å². The van der Waals surface area contributed by atoms with E-state index in [2.05, 4.69) is 10.6 Å². The Labute approximate surface area is 125 Å². The molecule has 21 heavy (non-hydrogen) atoms. The summed E-state index contributed by atoms with van der Waals surface area (Å²) in [5.74, 6) is 0.655. The molecule has 5 heteroatoms. The first-order valence-electron chi connectivity index (χ1n) is 7.46. The van der Waals surface area contributed by atoms with Gasteiger partial charge in [-0.25, -0.2) is 0 Å². The van der Waals surface area contributed by atoms with E-state index in [4.69, 9.17) is 4.74 Å². The van der Waals surface area contributed by atoms with Crippen molar-refractivity contribution in [2.45, 2.75) is 32.4 Å². The van der Waals surface area contributed by atoms with Crippen LogP contribution in [0.2, 0.25) is 0 Å². The summed E-state index contributed by atoms with van der Waals surface area (Å²) in [6.45, 7) is 3.85. The van der Waals surface area contributed by atoms with Crippen LogP contribution >= 0.6 is 0 Å². The van der Waals surface area contributed by atoms with Crippen LogP contribution in [0.15, 0.2) is 24.3 Å². The molecule has 2 rings (SSSR count). The largest absolute Gasteiger partial charge is 0.389 e. The first-order chi connectivity index (χ1) is 10.1. The summed E-state index contributed by atoms with van der Waals surface area (Å²) in [7, 11) is 0. The third-order valence-electron chi connectivity index (χ3n) is 3.34. The van der Waals surface area contributed by atoms with Gasteiger partial charge in [-0.3, -0.25) is 4.79 Å². The van der Waals surface area contributed by atoms with Gasteiger partial charge in [0.25, 0.3) is 0 Å². The van der Waals surface area contributed by atoms with E-state index in [9.17, 15) is 9.90 Å². The van der Waals surface area contributed by atoms with Gasteiger partial charge in [0.15, 0.2) is 0 Å². The van der Waals surface area contributed by atoms with Crippen molar-refractivity contribution in [1.29, 1.82) is 0 Å². The molecule has 0 spiro atoms. The molecular weight excluding hydrogens is 268 g/mol. The molecule has 1 aliphatic carbocycles. The Morgan fingerprint density at radius 2 is 2.10 bits per heavy atom. The first-order valence-corrected chi connectivity index (χ1v) is 7.46. The second-order valence-electron chi connectivity index (χ2n) is 5.64. The predicted molar refractivity (Wildman–Crippen MR) is 82.0 cm³/mol. The minimum Gasteiger partial charge on any atom is -0.389 e. The van der Waals surface area contributed by atoms with Crippen molar-refractivity contribution in [3.05, 3.63) is 29.8 Å². The number of rotatable bonds is 9. The monoisotopic (exact) mass is 292 g/mol. The van der Waals surface area contributed by atoms with Gasteiger partial charge in [-0.2, -0.15) is 0 Å². The number of aliphatic hydroxyl groups excluding tert-OH is 1. The van der Waals surface area contributed by atoms with E-state index in [1.54, 1.807) is 0 Å². The Hall–Kier alpha value is -1.43. The molecule has 0 aromatic heterocycles. The summed E-state index contributed by atoms with van der Waals surface area (Å²) >= 11 is 0. The Balaban J connectivity index is 1.59. The summed E-state index contributed by atoms with van der Waals surface area (Å²) in [5.41, 5.74) is 1.90. The lowest BCUT2D eigenvalue weighted by atomic mass is 10.2. The molecule has 3 N–H and O–H groups in total. The lowest BCUT2D eigenvalue weighted by Gasteiger charge is -2.12. The summed E-state index contributed by atoms with van der Waals surface area (Å²) in [4.78, 5) is 10.9. The van der Waals surface area contributed by atoms with Crippen molar-refractivity contribution >= 4 is 11.6 Å². The highest BCUT2D eigenvalue weighted by Crippen LogP contribution is 2.28. The number of benzene rings is 1. The Morgan fingerprint density at radius 3 is 2.71 bits per heavy atom. The zero-order valence-electron chi connectivity index (χ0n) is 12.5. The minimum absolute atomic E-state index is 0.0739. The van der Waals surface area contributed by atoms with E-state index >= 15 is 0 Å². The van der Waals surface area contributed by atoms with Gasteiger partial charge in [-0.05, 0) is 36.5 Å². The van der Waals surface area contributed by atoms with E-state index in [1.165, 1.54) is 19.8 Å². The number of ether oxygens (including phenoxy) is 1. The van der Waals surface area contributed by atoms with E-state index in [1.807, 2.05) is 24.3 Å². The number of nitrogens with one attached hydrogen (secondary N) is 2. The number of amides is 1. The van der Waals surface area contributed by atoms with Crippen LogP contribution in [0.1, 0.15) is 25.3 Å². The number of hydrogen-bond acceptors (Lipinski definition) is 4. The molecule has 1 aromatic rings. The average molecular weight is 292 g/mol. The minimum atomic E-state index is -0.470. The maximum absolute atomic E-state index is 10.9. The maximum atomic E-state index is 10.9. The molecule has 0 saturated heterocycles. The third kappa shape index (κ3) is 6.71. The Kier molecular flexibility index (Phi) is 6.17. The molecule has 0 radical (unpaired) electrons. The quantitative estimate of drug-likeness (QED) is 0.645. The maximum Gasteiger partial charge on any atom is 0.221 e. The van der Waals surface area contributed by atoms with Gasteiger partial charge in [0, 0.05) is 32.3 Å². The van der Waals surface area contributed by atoms with Crippen molar-refractivity contribution < 1.29 is 14.6 Å². The number of carbonyl (C=O) groups is 1. The SMILES string of the molecule is CC(=O)Nc1ccc(CNC[C@H](O)COCC2CC2)cc1. The summed E-state index contributed by atoms with van der Waals surface area (Å²) in [5, 5.41) is 15.7. The van der Waals surface area contributed by atoms with Gasteiger partial charge in [0.1, 0.15) is 0 Å². The van der Waals surface area contributed by atoms with Gasteiger partial charge in [0.05, 0.1) is 12.7 Å². The molecule has 0 unspecified atom stereocenters. The number of carbonyl (C=O) groups excluding carboxylic acids is 1. The van der Waals surface area contributed by atoms with Gasteiger partial charge in [-0.15, -0.1) is 0 Å². The second kappa shape index (κ2) is 8.12. The number of hydrogen-bond donors (Lipinski definition) is 3. The number of aliphatic hydroxyl groups is 1. The lowest BCUT2D eigenvalue weighted by Crippen LogP contribution is -2.30. The topological polar surface area (TPSA) is 70.6 Å². The molecule has 116 valence electrons. The van der Waals surface area contributed by atoms with Crippen LogP contribution in [-0.2, 0) is 16.1 Å². The van der Waals surface area contributed by atoms with Gasteiger partial charge < -0.3 is 20.5 Å². The van der Waals surface area contributed by atoms with Crippen molar-refractivity contribution in [2.24, 2.45) is 5.92 Å². The first kappa shape index (κ1) is 15.9. The van der Waals surface area contributed by atoms with Gasteiger partial charge >= 0.3 is 0 Å². The molecule has 1 aromatic carbocycles. The highest BCUT2D eigenvalue weighted by atomic mass is 16.5. The van der Waals surface area contributed by atoms with Crippen LogP contribution in [0.5, 0.6) is 0 Å². The number of anilines is 1. The predicted octanol–water partition coefficient (Wildman–Crippen LogP) is 1.52. The zero-order chi connectivity index (χ0) is 15.1. The van der Waals surface area contributed by atoms with Crippen LogP contribution in [0.25, 0.3) is 0 Å². The van der Waals surface area contributed by atoms with Crippen LogP contribution in [0.4, 0.5) is 5.69 Å². The molecule has 0 aliphatic heterocycles. The lowest BCUT2D eigenvalue weighted by molar-refractivity contribution is -0.114. The van der Waals surface area contributed by atoms with Crippen molar-refractivity contribution in [1.82, 2.24) is 5.32 Å². The van der Waals surface area contributed by atoms with E-state index in [-0.39, 0.29) is 5.91 Å². The normalized spacial score (nSPS) is 15.7. The van der Waals surface area contributed by atoms with Gasteiger partial charge in [0.2, 0.25) is 5.91 Å². The van der Waals surface area contributed by atoms with Crippen molar-refractivity contribution in [2.75, 3.05) is 25.1 Å². The third-order valence-corrected chi connectivity index (χ3v) is 3.34. The van der Waals surface area contributed by atoms with Gasteiger partial charge in [-0.1, -0.05) is 12.1 Å². The highest BCUT2D eigenvalue weighted by molar-refractivity contribution is 5.88. The molecule has 1 fully saturated rings. The zero-order valence-corrected chi connectivity index (χ0v) is 12.5. The Bertz CT molecular complexity index is 443. The molecule has 1 amide bonds. The summed E-state index contributed by atoms with van der Waals surface area (Å²) in [6, 6.07) is 7.64. The smallest absolute Gasteiger partial charge is 0.221 e. The fraction of sp³-hybridized carbons (Fsp3) is 0.562.